The first kappa shape index (κ1) is 40.3. The number of hydrogen-bond acceptors (Lipinski definition) is 17. The summed E-state index contributed by atoms with van der Waals surface area (Å²) in [6.45, 7) is 0.723. The van der Waals surface area contributed by atoms with E-state index in [0.717, 1.165) is 17.2 Å². The highest BCUT2D eigenvalue weighted by atomic mass is 32.1. The number of fused-ring (bicyclic) bond motifs is 1. The molecule has 2 aromatic heterocycles. The fraction of sp³-hybridized carbons (Fsp3) is 0.667. The Morgan fingerprint density at radius 3 is 2.42 bits per heavy atom. The molecule has 23 nitrogen and oxygen atoms in total. The third-order valence-corrected chi connectivity index (χ3v) is 9.83. The number of nitrogens with two attached hydrogens (primary N) is 1. The fourth-order valence-electron chi connectivity index (χ4n) is 4.14. The molecule has 0 aromatic carbocycles. The van der Waals surface area contributed by atoms with E-state index in [4.69, 9.17) is 19.5 Å². The number of rotatable bonds is 18. The maximum atomic E-state index is 12.6. The number of anilines is 1. The van der Waals surface area contributed by atoms with Gasteiger partial charge in [0.05, 0.1) is 19.5 Å². The Bertz CT molecular complexity index is 1590. The zero-order valence-electron chi connectivity index (χ0n) is 25.2. The van der Waals surface area contributed by atoms with Gasteiger partial charge >= 0.3 is 23.5 Å². The molecule has 2 amide bonds. The Hall–Kier alpha value is -2.11. The molecule has 0 radical (unpaired) electrons. The van der Waals surface area contributed by atoms with Crippen molar-refractivity contribution >= 4 is 64.9 Å². The minimum Gasteiger partial charge on any atom is -0.386 e. The fourth-order valence-corrected chi connectivity index (χ4v) is 7.08. The van der Waals surface area contributed by atoms with E-state index in [-0.39, 0.29) is 35.9 Å². The van der Waals surface area contributed by atoms with Gasteiger partial charge in [0.15, 0.2) is 17.7 Å². The van der Waals surface area contributed by atoms with Crippen LogP contribution in [0.1, 0.15) is 26.5 Å². The van der Waals surface area contributed by atoms with Gasteiger partial charge in [-0.15, -0.1) is 0 Å². The molecular weight excluding hydrogens is 731 g/mol. The highest BCUT2D eigenvalue weighted by Gasteiger charge is 2.50. The highest BCUT2D eigenvalue weighted by Crippen LogP contribution is 2.61. The summed E-state index contributed by atoms with van der Waals surface area (Å²) in [6, 6.07) is 0. The summed E-state index contributed by atoms with van der Waals surface area (Å²) in [6.07, 6.45) is -6.74. The lowest BCUT2D eigenvalue weighted by Crippen LogP contribution is -2.46. The minimum absolute atomic E-state index is 0.0363. The van der Waals surface area contributed by atoms with Crippen LogP contribution in [0.3, 0.4) is 0 Å². The molecule has 0 spiro atoms. The van der Waals surface area contributed by atoms with Crippen molar-refractivity contribution in [2.75, 3.05) is 37.8 Å². The van der Waals surface area contributed by atoms with E-state index >= 15 is 0 Å². The highest BCUT2D eigenvalue weighted by molar-refractivity contribution is 7.80. The maximum Gasteiger partial charge on any atom is 0.481 e. The van der Waals surface area contributed by atoms with Gasteiger partial charge < -0.3 is 50.9 Å². The number of phosphoric acid groups is 3. The van der Waals surface area contributed by atoms with Crippen molar-refractivity contribution < 1.29 is 75.7 Å². The van der Waals surface area contributed by atoms with Crippen LogP contribution < -0.4 is 16.4 Å². The van der Waals surface area contributed by atoms with Crippen molar-refractivity contribution in [3.05, 3.63) is 12.7 Å². The van der Waals surface area contributed by atoms with Crippen LogP contribution in [0.4, 0.5) is 5.82 Å². The second-order valence-electron chi connectivity index (χ2n) is 10.8. The van der Waals surface area contributed by atoms with Gasteiger partial charge in [0.25, 0.3) is 0 Å². The van der Waals surface area contributed by atoms with E-state index in [0.29, 0.717) is 12.3 Å². The third-order valence-electron chi connectivity index (χ3n) is 6.51. The van der Waals surface area contributed by atoms with Gasteiger partial charge in [-0.1, -0.05) is 13.8 Å². The van der Waals surface area contributed by atoms with Crippen LogP contribution in [0, 0.1) is 5.41 Å². The number of ether oxygens (including phenoxy) is 1. The number of aliphatic hydroxyl groups excluding tert-OH is 2. The van der Waals surface area contributed by atoms with Gasteiger partial charge in [0, 0.05) is 30.7 Å². The van der Waals surface area contributed by atoms with Crippen LogP contribution in [0.5, 0.6) is 0 Å². The van der Waals surface area contributed by atoms with E-state index < -0.39 is 78.6 Å². The van der Waals surface area contributed by atoms with Gasteiger partial charge in [-0.05, 0) is 0 Å². The van der Waals surface area contributed by atoms with E-state index in [9.17, 15) is 53.1 Å². The van der Waals surface area contributed by atoms with E-state index in [2.05, 4.69) is 47.0 Å². The molecule has 1 fully saturated rings. The number of phosphoric ester groups is 3. The topological polar surface area (TPSA) is 347 Å². The summed E-state index contributed by atoms with van der Waals surface area (Å²) in [5.74, 6) is -0.943. The van der Waals surface area contributed by atoms with Crippen LogP contribution in [-0.2, 0) is 45.9 Å². The standard InChI is InChI=1S/C21H36N7O16P3S/c1-21(2,16(31)19(32)24-4-3-12(29)23-5-6-48)8-41-47(38,39)44-46(36,37)40-7-11-15(43-45(33,34)35)14(30)20(42-11)28-10-27-13-17(22)25-9-26-18(13)28/h9-11,14-16,20,30-31,48H,3-8H2,1-2H3,(H,23,29)(H,24,32)(H,36,37)(H,38,39)(H2,22,25,26)(H2,33,34,35)/t11-,14-,15-,16-,20+/m1/s1. The number of imidazole rings is 1. The molecular formula is C21H36N7O16P3S. The zero-order chi connectivity index (χ0) is 36.1. The molecule has 2 aromatic rings. The first-order valence-corrected chi connectivity index (χ1v) is 18.8. The number of nitrogens with one attached hydrogen (secondary N) is 2. The molecule has 0 saturated carbocycles. The Kier molecular flexibility index (Phi) is 13.7. The van der Waals surface area contributed by atoms with Crippen molar-refractivity contribution in [3.8, 4) is 0 Å². The van der Waals surface area contributed by atoms with Crippen molar-refractivity contribution in [1.29, 1.82) is 0 Å². The molecule has 1 aliphatic heterocycles. The Morgan fingerprint density at radius 1 is 1.10 bits per heavy atom. The Balaban J connectivity index is 1.61. The van der Waals surface area contributed by atoms with Crippen LogP contribution >= 0.6 is 36.1 Å². The molecule has 48 heavy (non-hydrogen) atoms. The largest absolute Gasteiger partial charge is 0.481 e. The summed E-state index contributed by atoms with van der Waals surface area (Å²) in [7, 11) is -16.3. The molecule has 0 aliphatic carbocycles. The molecule has 1 aliphatic rings. The summed E-state index contributed by atoms with van der Waals surface area (Å²) >= 11 is 3.95. The molecule has 10 N–H and O–H groups in total. The number of hydrogen-bond donors (Lipinski definition) is 10. The predicted octanol–water partition coefficient (Wildman–Crippen LogP) is -1.67. The summed E-state index contributed by atoms with van der Waals surface area (Å²) in [5.41, 5.74) is 4.30. The van der Waals surface area contributed by atoms with Crippen molar-refractivity contribution in [1.82, 2.24) is 30.2 Å². The number of carbonyl (C=O) groups is 2. The van der Waals surface area contributed by atoms with E-state index in [1.165, 1.54) is 13.8 Å². The predicted molar refractivity (Wildman–Crippen MR) is 163 cm³/mol. The molecule has 2 unspecified atom stereocenters. The maximum absolute atomic E-state index is 12.6. The van der Waals surface area contributed by atoms with Crippen LogP contribution in [0.2, 0.25) is 0 Å². The zero-order valence-corrected chi connectivity index (χ0v) is 28.8. The third kappa shape index (κ3) is 11.2. The smallest absolute Gasteiger partial charge is 0.386 e. The number of nitrogens with zero attached hydrogens (tertiary/aromatic N) is 4. The number of thiol groups is 1. The van der Waals surface area contributed by atoms with Crippen molar-refractivity contribution in [2.45, 2.75) is 50.9 Å². The first-order chi connectivity index (χ1) is 22.2. The van der Waals surface area contributed by atoms with Crippen LogP contribution in [-0.4, -0.2) is 118 Å². The molecule has 3 rings (SSSR count). The second kappa shape index (κ2) is 16.3. The number of aromatic nitrogens is 4. The van der Waals surface area contributed by atoms with Gasteiger partial charge in [-0.3, -0.25) is 27.7 Å². The van der Waals surface area contributed by atoms with Crippen LogP contribution in [0.15, 0.2) is 12.7 Å². The van der Waals surface area contributed by atoms with E-state index in [1.807, 2.05) is 0 Å². The molecule has 0 bridgehead atoms. The molecule has 272 valence electrons. The van der Waals surface area contributed by atoms with Gasteiger partial charge in [-0.25, -0.2) is 28.6 Å². The lowest BCUT2D eigenvalue weighted by molar-refractivity contribution is -0.137. The van der Waals surface area contributed by atoms with Crippen molar-refractivity contribution in [3.63, 3.8) is 0 Å². The minimum atomic E-state index is -5.54. The molecule has 1 saturated heterocycles. The average Bonchev–Trinajstić information content (AvgIpc) is 3.54. The Labute approximate surface area is 277 Å². The van der Waals surface area contributed by atoms with E-state index in [1.54, 1.807) is 0 Å². The Morgan fingerprint density at radius 2 is 1.77 bits per heavy atom. The molecule has 27 heteroatoms. The molecule has 7 atom stereocenters. The second-order valence-corrected chi connectivity index (χ2v) is 15.5. The van der Waals surface area contributed by atoms with Crippen LogP contribution in [0.25, 0.3) is 11.2 Å². The quantitative estimate of drug-likeness (QED) is 0.0599. The number of amides is 2. The summed E-state index contributed by atoms with van der Waals surface area (Å²) < 4.78 is 61.7. The van der Waals surface area contributed by atoms with Gasteiger partial charge in [-0.2, -0.15) is 16.9 Å². The lowest BCUT2D eigenvalue weighted by Gasteiger charge is -2.30. The van der Waals surface area contributed by atoms with Gasteiger partial charge in [0.1, 0.15) is 36.3 Å². The summed E-state index contributed by atoms with van der Waals surface area (Å²) in [4.78, 5) is 74.6. The normalized spacial score (nSPS) is 23.4. The summed E-state index contributed by atoms with van der Waals surface area (Å²) in [5, 5.41) is 26.1. The first-order valence-electron chi connectivity index (χ1n) is 13.7. The number of aliphatic hydroxyl groups is 2. The van der Waals surface area contributed by atoms with Crippen molar-refractivity contribution in [2.24, 2.45) is 5.41 Å². The number of carbonyl (C=O) groups excluding carboxylic acids is 2. The molecule has 3 heterocycles. The average molecular weight is 768 g/mol. The lowest BCUT2D eigenvalue weighted by atomic mass is 9.87. The number of nitrogen functional groups attached to an aromatic ring is 1. The monoisotopic (exact) mass is 767 g/mol. The SMILES string of the molecule is CC(C)(COP(=O)(O)OP(=O)(O)OC[C@H]1O[C@H](n2cnc3c(N)ncnc32)[C@H](O)[C@@H]1OP(=O)(O)O)[C@H](O)C(=O)NCCC(=O)NCCS. The van der Waals surface area contributed by atoms with Gasteiger partial charge in [0.2, 0.25) is 11.8 Å².